The fraction of sp³-hybridized carbons (Fsp3) is 0.333. The van der Waals surface area contributed by atoms with Crippen molar-refractivity contribution >= 4 is 51.0 Å². The van der Waals surface area contributed by atoms with Crippen LogP contribution in [-0.2, 0) is 19.2 Å². The number of carbonyl (C=O) groups is 4. The highest BCUT2D eigenvalue weighted by Gasteiger charge is 2.50. The van der Waals surface area contributed by atoms with E-state index in [1.54, 1.807) is 30.0 Å². The van der Waals surface area contributed by atoms with Crippen LogP contribution in [0.1, 0.15) is 25.3 Å². The minimum Gasteiger partial charge on any atom is -0.426 e. The molecule has 4 atom stereocenters. The largest absolute Gasteiger partial charge is 0.426 e. The molecule has 5 rings (SSSR count). The van der Waals surface area contributed by atoms with E-state index >= 15 is 0 Å². The Hall–Kier alpha value is -3.26. The van der Waals surface area contributed by atoms with Crippen molar-refractivity contribution in [2.45, 2.75) is 26.7 Å². The summed E-state index contributed by atoms with van der Waals surface area (Å²) >= 11 is 3.38. The van der Waals surface area contributed by atoms with Gasteiger partial charge in [-0.1, -0.05) is 35.0 Å². The summed E-state index contributed by atoms with van der Waals surface area (Å²) in [4.78, 5) is 54.3. The summed E-state index contributed by atoms with van der Waals surface area (Å²) in [6.07, 6.45) is 4.62. The summed E-state index contributed by atoms with van der Waals surface area (Å²) in [5.41, 5.74) is 1.91. The molecule has 2 saturated heterocycles. The first-order valence-corrected chi connectivity index (χ1v) is 12.5. The van der Waals surface area contributed by atoms with Crippen LogP contribution in [0.15, 0.2) is 59.1 Å². The first-order chi connectivity index (χ1) is 16.7. The minimum atomic E-state index is -0.579. The predicted octanol–water partition coefficient (Wildman–Crippen LogP) is 4.42. The van der Waals surface area contributed by atoms with Gasteiger partial charge in [0.2, 0.25) is 17.7 Å². The summed E-state index contributed by atoms with van der Waals surface area (Å²) < 4.78 is 6.50. The molecule has 7 nitrogen and oxygen atoms in total. The van der Waals surface area contributed by atoms with E-state index in [0.29, 0.717) is 23.4 Å². The van der Waals surface area contributed by atoms with Crippen LogP contribution in [0.3, 0.4) is 0 Å². The van der Waals surface area contributed by atoms with Crippen molar-refractivity contribution in [1.29, 1.82) is 0 Å². The maximum Gasteiger partial charge on any atom is 0.316 e. The van der Waals surface area contributed by atoms with Crippen LogP contribution in [0.4, 0.5) is 11.4 Å². The fourth-order valence-corrected chi connectivity index (χ4v) is 5.53. The highest BCUT2D eigenvalue weighted by molar-refractivity contribution is 9.10. The van der Waals surface area contributed by atoms with Crippen LogP contribution < -0.4 is 14.5 Å². The number of amides is 3. The Morgan fingerprint density at radius 3 is 2.49 bits per heavy atom. The molecular weight excluding hydrogens is 512 g/mol. The van der Waals surface area contributed by atoms with Crippen molar-refractivity contribution in [3.8, 4) is 5.75 Å². The van der Waals surface area contributed by atoms with Crippen LogP contribution in [0, 0.1) is 30.6 Å². The van der Waals surface area contributed by atoms with Crippen molar-refractivity contribution in [2.75, 3.05) is 16.3 Å². The van der Waals surface area contributed by atoms with E-state index in [4.69, 9.17) is 4.74 Å². The number of benzene rings is 2. The Morgan fingerprint density at radius 1 is 1.06 bits per heavy atom. The molecule has 1 aliphatic carbocycles. The van der Waals surface area contributed by atoms with Gasteiger partial charge in [0.05, 0.1) is 23.4 Å². The third-order valence-corrected chi connectivity index (χ3v) is 7.63. The number of hydrogen-bond donors (Lipinski definition) is 0. The average molecular weight is 537 g/mol. The molecule has 0 aromatic heterocycles. The smallest absolute Gasteiger partial charge is 0.316 e. The van der Waals surface area contributed by atoms with Gasteiger partial charge in [0.25, 0.3) is 0 Å². The van der Waals surface area contributed by atoms with Gasteiger partial charge < -0.3 is 9.64 Å². The van der Waals surface area contributed by atoms with Gasteiger partial charge in [0.15, 0.2) is 0 Å². The average Bonchev–Trinajstić information content (AvgIpc) is 3.33. The van der Waals surface area contributed by atoms with Gasteiger partial charge in [-0.3, -0.25) is 19.2 Å². The van der Waals surface area contributed by atoms with Gasteiger partial charge in [-0.2, -0.15) is 0 Å². The van der Waals surface area contributed by atoms with E-state index < -0.39 is 11.9 Å². The SMILES string of the molecule is Cc1cc(OC(=O)[C@@H]2CC(=O)N(c3ccc(Br)cc3)C2)ccc1N1C(=O)[C@@H]2[C@@H](C)C=CC[C@H]2C1=O. The van der Waals surface area contributed by atoms with Crippen molar-refractivity contribution in [3.63, 3.8) is 0 Å². The quantitative estimate of drug-likeness (QED) is 0.250. The summed E-state index contributed by atoms with van der Waals surface area (Å²) in [6, 6.07) is 12.2. The van der Waals surface area contributed by atoms with Crippen molar-refractivity contribution in [3.05, 3.63) is 64.7 Å². The first kappa shape index (κ1) is 23.5. The highest BCUT2D eigenvalue weighted by atomic mass is 79.9. The van der Waals surface area contributed by atoms with Crippen molar-refractivity contribution < 1.29 is 23.9 Å². The minimum absolute atomic E-state index is 0.0156. The van der Waals surface area contributed by atoms with Crippen LogP contribution in [-0.4, -0.2) is 30.2 Å². The molecule has 3 amide bonds. The third-order valence-electron chi connectivity index (χ3n) is 7.10. The Bertz CT molecular complexity index is 1250. The Balaban J connectivity index is 1.28. The topological polar surface area (TPSA) is 84.0 Å². The molecule has 0 bridgehead atoms. The number of ether oxygens (including phenoxy) is 1. The Kier molecular flexibility index (Phi) is 6.09. The van der Waals surface area contributed by atoms with E-state index in [9.17, 15) is 19.2 Å². The van der Waals surface area contributed by atoms with E-state index in [0.717, 1.165) is 10.2 Å². The zero-order chi connectivity index (χ0) is 24.9. The second kappa shape index (κ2) is 9.07. The van der Waals surface area contributed by atoms with Crippen LogP contribution in [0.25, 0.3) is 0 Å². The van der Waals surface area contributed by atoms with E-state index in [1.807, 2.05) is 43.3 Å². The maximum atomic E-state index is 13.1. The van der Waals surface area contributed by atoms with Gasteiger partial charge >= 0.3 is 5.97 Å². The van der Waals surface area contributed by atoms with Crippen LogP contribution in [0.5, 0.6) is 5.75 Å². The molecule has 0 unspecified atom stereocenters. The number of esters is 1. The summed E-state index contributed by atoms with van der Waals surface area (Å²) in [7, 11) is 0. The molecule has 3 aliphatic rings. The van der Waals surface area contributed by atoms with Crippen LogP contribution in [0.2, 0.25) is 0 Å². The molecule has 35 heavy (non-hydrogen) atoms. The lowest BCUT2D eigenvalue weighted by atomic mass is 9.78. The number of nitrogens with zero attached hydrogens (tertiary/aromatic N) is 2. The molecule has 2 aliphatic heterocycles. The van der Waals surface area contributed by atoms with E-state index in [-0.39, 0.29) is 48.4 Å². The number of imide groups is 1. The number of anilines is 2. The molecule has 2 aromatic rings. The van der Waals surface area contributed by atoms with E-state index in [2.05, 4.69) is 15.9 Å². The second-order valence-electron chi connectivity index (χ2n) is 9.42. The number of fused-ring (bicyclic) bond motifs is 1. The summed E-state index contributed by atoms with van der Waals surface area (Å²) in [5, 5.41) is 0. The molecule has 0 N–H and O–H groups in total. The Morgan fingerprint density at radius 2 is 1.80 bits per heavy atom. The third kappa shape index (κ3) is 4.20. The number of halogens is 1. The van der Waals surface area contributed by atoms with Gasteiger partial charge in [-0.25, -0.2) is 4.90 Å². The standard InChI is InChI=1S/C27H25BrN2O5/c1-15-4-3-5-21-24(15)26(33)30(25(21)32)22-11-10-20(12-16(22)2)35-27(34)17-13-23(31)29(14-17)19-8-6-18(28)7-9-19/h3-4,6-12,15,17,21,24H,5,13-14H2,1-2H3/t15-,17+,21+,24+/m0/s1. The monoisotopic (exact) mass is 536 g/mol. The van der Waals surface area contributed by atoms with Gasteiger partial charge in [0.1, 0.15) is 5.75 Å². The molecule has 2 aromatic carbocycles. The lowest BCUT2D eigenvalue weighted by Crippen LogP contribution is -2.32. The lowest BCUT2D eigenvalue weighted by Gasteiger charge is -2.22. The predicted molar refractivity (Wildman–Crippen MR) is 134 cm³/mol. The van der Waals surface area contributed by atoms with Gasteiger partial charge in [0, 0.05) is 23.1 Å². The number of hydrogen-bond acceptors (Lipinski definition) is 5. The molecule has 8 heteroatoms. The molecule has 2 heterocycles. The Labute approximate surface area is 211 Å². The maximum absolute atomic E-state index is 13.1. The zero-order valence-electron chi connectivity index (χ0n) is 19.4. The molecule has 0 spiro atoms. The van der Waals surface area contributed by atoms with Gasteiger partial charge in [-0.15, -0.1) is 0 Å². The molecule has 2 fully saturated rings. The summed E-state index contributed by atoms with van der Waals surface area (Å²) in [5.74, 6) is -1.87. The van der Waals surface area contributed by atoms with Gasteiger partial charge in [-0.05, 0) is 67.3 Å². The van der Waals surface area contributed by atoms with Crippen molar-refractivity contribution in [2.24, 2.45) is 23.7 Å². The molecule has 0 radical (unpaired) electrons. The molecule has 180 valence electrons. The molecular formula is C27H25BrN2O5. The number of carbonyl (C=O) groups excluding carboxylic acids is 4. The van der Waals surface area contributed by atoms with E-state index in [1.165, 1.54) is 4.90 Å². The second-order valence-corrected chi connectivity index (χ2v) is 10.3. The first-order valence-electron chi connectivity index (χ1n) is 11.7. The summed E-state index contributed by atoms with van der Waals surface area (Å²) in [6.45, 7) is 4.00. The number of allylic oxidation sites excluding steroid dienone is 2. The fourth-order valence-electron chi connectivity index (χ4n) is 5.26. The molecule has 0 saturated carbocycles. The zero-order valence-corrected chi connectivity index (χ0v) is 21.0. The number of aryl methyl sites for hydroxylation is 1. The highest BCUT2D eigenvalue weighted by Crippen LogP contribution is 2.41. The normalized spacial score (nSPS) is 25.9. The lowest BCUT2D eigenvalue weighted by molar-refractivity contribution is -0.139. The van der Waals surface area contributed by atoms with Crippen LogP contribution >= 0.6 is 15.9 Å². The number of rotatable bonds is 4. The van der Waals surface area contributed by atoms with Crippen molar-refractivity contribution in [1.82, 2.24) is 0 Å².